The molecule has 0 radical (unpaired) electrons. The number of ether oxygens (including phenoxy) is 1. The van der Waals surface area contributed by atoms with Gasteiger partial charge in [-0.1, -0.05) is 30.3 Å². The predicted octanol–water partition coefficient (Wildman–Crippen LogP) is 3.82. The highest BCUT2D eigenvalue weighted by Crippen LogP contribution is 2.44. The highest BCUT2D eigenvalue weighted by atomic mass is 32.2. The summed E-state index contributed by atoms with van der Waals surface area (Å²) < 4.78 is 20.8. The molecule has 1 unspecified atom stereocenters. The van der Waals surface area contributed by atoms with Crippen molar-refractivity contribution in [1.82, 2.24) is 14.6 Å². The third-order valence-electron chi connectivity index (χ3n) is 6.23. The lowest BCUT2D eigenvalue weighted by molar-refractivity contribution is -0.116. The SMILES string of the molecule is CCOC(=O)c1c2c(c(-c3ccc(NC(=O)CCN(C)C)cc3)c3c1[nH]c1ccccc13)C(=O)NS2=O. The van der Waals surface area contributed by atoms with E-state index in [-0.39, 0.29) is 28.5 Å². The number of benzene rings is 3. The van der Waals surface area contributed by atoms with Gasteiger partial charge in [-0.2, -0.15) is 0 Å². The zero-order valence-corrected chi connectivity index (χ0v) is 21.5. The summed E-state index contributed by atoms with van der Waals surface area (Å²) >= 11 is 0. The average Bonchev–Trinajstić information content (AvgIpc) is 3.39. The number of carbonyl (C=O) groups excluding carboxylic acids is 3. The normalized spacial score (nSPS) is 14.7. The number of H-pyrrole nitrogens is 1. The van der Waals surface area contributed by atoms with Gasteiger partial charge in [0.05, 0.1) is 22.6 Å². The van der Waals surface area contributed by atoms with Gasteiger partial charge in [-0.15, -0.1) is 0 Å². The van der Waals surface area contributed by atoms with E-state index >= 15 is 0 Å². The molecule has 0 saturated carbocycles. The van der Waals surface area contributed by atoms with Crippen molar-refractivity contribution >= 4 is 56.3 Å². The number of hydrogen-bond donors (Lipinski definition) is 3. The van der Waals surface area contributed by atoms with Crippen molar-refractivity contribution in [3.8, 4) is 11.1 Å². The number of aromatic nitrogens is 1. The van der Waals surface area contributed by atoms with E-state index in [4.69, 9.17) is 4.74 Å². The topological polar surface area (TPSA) is 121 Å². The van der Waals surface area contributed by atoms with Gasteiger partial charge in [-0.25, -0.2) is 9.00 Å². The molecule has 10 heteroatoms. The Labute approximate surface area is 215 Å². The summed E-state index contributed by atoms with van der Waals surface area (Å²) in [5, 5.41) is 4.36. The minimum absolute atomic E-state index is 0.0910. The van der Waals surface area contributed by atoms with Crippen LogP contribution in [-0.2, 0) is 20.5 Å². The van der Waals surface area contributed by atoms with Crippen LogP contribution in [0.4, 0.5) is 5.69 Å². The molecular formula is C27H26N4O5S. The lowest BCUT2D eigenvalue weighted by atomic mass is 9.91. The molecule has 4 aromatic rings. The van der Waals surface area contributed by atoms with Crippen LogP contribution in [0, 0.1) is 0 Å². The van der Waals surface area contributed by atoms with Crippen molar-refractivity contribution in [2.75, 3.05) is 32.6 Å². The van der Waals surface area contributed by atoms with E-state index in [1.54, 1.807) is 31.2 Å². The summed E-state index contributed by atoms with van der Waals surface area (Å²) in [5.74, 6) is -1.28. The number of carbonyl (C=O) groups is 3. The second-order valence-electron chi connectivity index (χ2n) is 8.97. The fourth-order valence-corrected chi connectivity index (χ4v) is 5.73. The molecule has 1 aromatic heterocycles. The van der Waals surface area contributed by atoms with Crippen LogP contribution in [0.3, 0.4) is 0 Å². The van der Waals surface area contributed by atoms with E-state index in [1.807, 2.05) is 43.3 Å². The first kappa shape index (κ1) is 24.7. The number of fused-ring (bicyclic) bond motifs is 4. The summed E-state index contributed by atoms with van der Waals surface area (Å²) in [6, 6.07) is 14.7. The van der Waals surface area contributed by atoms with Crippen LogP contribution in [0.1, 0.15) is 34.1 Å². The van der Waals surface area contributed by atoms with Gasteiger partial charge in [0, 0.05) is 40.5 Å². The van der Waals surface area contributed by atoms with Gasteiger partial charge in [-0.3, -0.25) is 14.3 Å². The van der Waals surface area contributed by atoms with E-state index in [9.17, 15) is 18.6 Å². The highest BCUT2D eigenvalue weighted by molar-refractivity contribution is 7.84. The molecule has 2 amide bonds. The monoisotopic (exact) mass is 518 g/mol. The van der Waals surface area contributed by atoms with E-state index in [0.29, 0.717) is 40.7 Å². The van der Waals surface area contributed by atoms with Crippen molar-refractivity contribution < 1.29 is 23.3 Å². The second-order valence-corrected chi connectivity index (χ2v) is 10.1. The molecule has 5 rings (SSSR count). The second kappa shape index (κ2) is 9.79. The largest absolute Gasteiger partial charge is 0.462 e. The van der Waals surface area contributed by atoms with Crippen LogP contribution in [-0.4, -0.2) is 59.1 Å². The van der Waals surface area contributed by atoms with E-state index in [2.05, 4.69) is 15.0 Å². The van der Waals surface area contributed by atoms with Crippen molar-refractivity contribution in [2.45, 2.75) is 18.2 Å². The van der Waals surface area contributed by atoms with Crippen molar-refractivity contribution in [3.63, 3.8) is 0 Å². The number of rotatable bonds is 7. The number of aromatic amines is 1. The molecule has 9 nitrogen and oxygen atoms in total. The van der Waals surface area contributed by atoms with Crippen LogP contribution in [0.25, 0.3) is 32.9 Å². The highest BCUT2D eigenvalue weighted by Gasteiger charge is 2.38. The first-order valence-corrected chi connectivity index (χ1v) is 13.0. The van der Waals surface area contributed by atoms with E-state index in [0.717, 1.165) is 10.9 Å². The molecule has 1 aliphatic heterocycles. The Kier molecular flexibility index (Phi) is 6.53. The Morgan fingerprint density at radius 2 is 1.78 bits per heavy atom. The van der Waals surface area contributed by atoms with Crippen LogP contribution in [0.2, 0.25) is 0 Å². The van der Waals surface area contributed by atoms with Crippen LogP contribution in [0.15, 0.2) is 53.4 Å². The molecule has 1 aliphatic rings. The maximum absolute atomic E-state index is 13.1. The number of hydrogen-bond acceptors (Lipinski definition) is 6. The van der Waals surface area contributed by atoms with Crippen LogP contribution >= 0.6 is 0 Å². The molecule has 190 valence electrons. The van der Waals surface area contributed by atoms with Crippen molar-refractivity contribution in [3.05, 3.63) is 59.7 Å². The minimum Gasteiger partial charge on any atom is -0.462 e. The summed E-state index contributed by atoms with van der Waals surface area (Å²) in [4.78, 5) is 43.8. The maximum atomic E-state index is 13.1. The Hall–Kier alpha value is -4.02. The number of para-hydroxylation sites is 1. The third kappa shape index (κ3) is 4.38. The summed E-state index contributed by atoms with van der Waals surface area (Å²) in [5.41, 5.74) is 3.36. The Balaban J connectivity index is 1.72. The molecule has 0 aliphatic carbocycles. The van der Waals surface area contributed by atoms with Gasteiger partial charge in [0.2, 0.25) is 5.91 Å². The summed E-state index contributed by atoms with van der Waals surface area (Å²) in [6.07, 6.45) is 0.361. The van der Waals surface area contributed by atoms with Crippen LogP contribution in [0.5, 0.6) is 0 Å². The fraction of sp³-hybridized carbons (Fsp3) is 0.222. The van der Waals surface area contributed by atoms with Crippen LogP contribution < -0.4 is 10.0 Å². The minimum atomic E-state index is -1.93. The lowest BCUT2D eigenvalue weighted by Crippen LogP contribution is -2.20. The summed E-state index contributed by atoms with van der Waals surface area (Å²) in [6.45, 7) is 2.45. The molecule has 0 fully saturated rings. The van der Waals surface area contributed by atoms with Gasteiger partial charge in [0.25, 0.3) is 5.91 Å². The van der Waals surface area contributed by atoms with Gasteiger partial charge in [-0.05, 0) is 44.8 Å². The van der Waals surface area contributed by atoms with Crippen molar-refractivity contribution in [2.24, 2.45) is 0 Å². The van der Waals surface area contributed by atoms with E-state index in [1.165, 1.54) is 0 Å². The zero-order chi connectivity index (χ0) is 26.3. The molecule has 37 heavy (non-hydrogen) atoms. The average molecular weight is 519 g/mol. The number of amides is 2. The maximum Gasteiger partial charge on any atom is 0.341 e. The standard InChI is InChI=1S/C27H26N4O5S/c1-4-36-27(34)23-24-21(17-7-5-6-8-18(17)29-24)20(22-25(23)37(35)30-26(22)33)15-9-11-16(12-10-15)28-19(32)13-14-31(2)3/h5-12,29H,4,13-14H2,1-3H3,(H,28,32)(H,30,33). The molecule has 0 bridgehead atoms. The molecule has 0 spiro atoms. The smallest absolute Gasteiger partial charge is 0.341 e. The molecule has 2 heterocycles. The van der Waals surface area contributed by atoms with Gasteiger partial charge in [0.1, 0.15) is 5.56 Å². The lowest BCUT2D eigenvalue weighted by Gasteiger charge is -2.14. The zero-order valence-electron chi connectivity index (χ0n) is 20.6. The Morgan fingerprint density at radius 3 is 2.49 bits per heavy atom. The predicted molar refractivity (Wildman–Crippen MR) is 143 cm³/mol. The van der Waals surface area contributed by atoms with Gasteiger partial charge in [0.15, 0.2) is 11.0 Å². The molecule has 1 atom stereocenters. The number of esters is 1. The number of nitrogens with zero attached hydrogens (tertiary/aromatic N) is 1. The quantitative estimate of drug-likeness (QED) is 0.320. The number of anilines is 1. The molecular weight excluding hydrogens is 492 g/mol. The van der Waals surface area contributed by atoms with E-state index < -0.39 is 22.9 Å². The third-order valence-corrected chi connectivity index (χ3v) is 7.38. The molecule has 0 saturated heterocycles. The number of nitrogens with one attached hydrogen (secondary N) is 3. The van der Waals surface area contributed by atoms with Crippen molar-refractivity contribution in [1.29, 1.82) is 0 Å². The Bertz CT molecular complexity index is 1590. The summed E-state index contributed by atoms with van der Waals surface area (Å²) in [7, 11) is 1.89. The molecule has 3 N–H and O–H groups in total. The fourth-order valence-electron chi connectivity index (χ4n) is 4.61. The Morgan fingerprint density at radius 1 is 1.05 bits per heavy atom. The van der Waals surface area contributed by atoms with Gasteiger partial charge >= 0.3 is 5.97 Å². The van der Waals surface area contributed by atoms with Gasteiger partial charge < -0.3 is 19.9 Å². The molecule has 3 aromatic carbocycles. The first-order valence-electron chi connectivity index (χ1n) is 11.9. The first-order chi connectivity index (χ1) is 17.8.